The second kappa shape index (κ2) is 7.44. The van der Waals surface area contributed by atoms with E-state index in [1.165, 1.54) is 12.1 Å². The van der Waals surface area contributed by atoms with Gasteiger partial charge in [-0.25, -0.2) is 4.39 Å². The van der Waals surface area contributed by atoms with Gasteiger partial charge in [0.15, 0.2) is 0 Å². The number of aliphatic hydroxyl groups is 1. The molecule has 0 aliphatic carbocycles. The highest BCUT2D eigenvalue weighted by Crippen LogP contribution is 2.26. The zero-order valence-corrected chi connectivity index (χ0v) is 11.2. The van der Waals surface area contributed by atoms with Crippen molar-refractivity contribution < 1.29 is 22.7 Å². The van der Waals surface area contributed by atoms with Crippen molar-refractivity contribution in [2.75, 3.05) is 31.1 Å². The van der Waals surface area contributed by atoms with Crippen molar-refractivity contribution in [3.05, 3.63) is 29.6 Å². The third-order valence-electron chi connectivity index (χ3n) is 2.69. The normalized spacial score (nSPS) is 11.7. The van der Waals surface area contributed by atoms with Crippen LogP contribution in [0.25, 0.3) is 0 Å². The highest BCUT2D eigenvalue weighted by Gasteiger charge is 2.31. The van der Waals surface area contributed by atoms with E-state index in [0.717, 1.165) is 11.0 Å². The van der Waals surface area contributed by atoms with E-state index in [1.807, 2.05) is 6.92 Å². The molecule has 0 unspecified atom stereocenters. The predicted molar refractivity (Wildman–Crippen MR) is 69.1 cm³/mol. The Labute approximate surface area is 115 Å². The average Bonchev–Trinajstić information content (AvgIpc) is 2.34. The van der Waals surface area contributed by atoms with Crippen LogP contribution in [0.15, 0.2) is 18.2 Å². The zero-order chi connectivity index (χ0) is 15.2. The molecule has 1 aromatic carbocycles. The standard InChI is InChI=1S/C13H18F4N2O/c1-2-18-8-10-7-11(14)3-4-12(10)19(5-6-20)9-13(15,16)17/h3-4,7,18,20H,2,5-6,8-9H2,1H3. The summed E-state index contributed by atoms with van der Waals surface area (Å²) in [4.78, 5) is 1.01. The molecule has 1 aromatic rings. The number of nitrogens with one attached hydrogen (secondary N) is 1. The number of nitrogens with zero attached hydrogens (tertiary/aromatic N) is 1. The first-order chi connectivity index (χ1) is 9.37. The lowest BCUT2D eigenvalue weighted by molar-refractivity contribution is -0.119. The molecule has 2 N–H and O–H groups in total. The van der Waals surface area contributed by atoms with Gasteiger partial charge in [0.1, 0.15) is 12.4 Å². The molecule has 20 heavy (non-hydrogen) atoms. The topological polar surface area (TPSA) is 35.5 Å². The summed E-state index contributed by atoms with van der Waals surface area (Å²) in [6, 6.07) is 3.63. The summed E-state index contributed by atoms with van der Waals surface area (Å²) in [6.45, 7) is 0.982. The van der Waals surface area contributed by atoms with Crippen LogP contribution in [0.3, 0.4) is 0 Å². The van der Waals surface area contributed by atoms with Crippen LogP contribution in [0.4, 0.5) is 23.2 Å². The Morgan fingerprint density at radius 2 is 2.00 bits per heavy atom. The highest BCUT2D eigenvalue weighted by atomic mass is 19.4. The lowest BCUT2D eigenvalue weighted by Crippen LogP contribution is -2.37. The molecule has 0 aromatic heterocycles. The molecule has 1 rings (SSSR count). The highest BCUT2D eigenvalue weighted by molar-refractivity contribution is 5.54. The van der Waals surface area contributed by atoms with E-state index in [0.29, 0.717) is 12.1 Å². The van der Waals surface area contributed by atoms with Gasteiger partial charge in [0.25, 0.3) is 0 Å². The maximum Gasteiger partial charge on any atom is 0.405 e. The monoisotopic (exact) mass is 294 g/mol. The first-order valence-electron chi connectivity index (χ1n) is 6.29. The Morgan fingerprint density at radius 1 is 1.30 bits per heavy atom. The van der Waals surface area contributed by atoms with Crippen molar-refractivity contribution in [1.82, 2.24) is 5.32 Å². The van der Waals surface area contributed by atoms with Crippen molar-refractivity contribution in [1.29, 1.82) is 0 Å². The predicted octanol–water partition coefficient (Wildman–Crippen LogP) is 2.30. The third-order valence-corrected chi connectivity index (χ3v) is 2.69. The molecule has 7 heteroatoms. The first kappa shape index (κ1) is 16.7. The van der Waals surface area contributed by atoms with E-state index in [1.54, 1.807) is 0 Å². The van der Waals surface area contributed by atoms with Gasteiger partial charge >= 0.3 is 6.18 Å². The number of aliphatic hydroxyl groups excluding tert-OH is 1. The smallest absolute Gasteiger partial charge is 0.395 e. The van der Waals surface area contributed by atoms with Gasteiger partial charge in [-0.2, -0.15) is 13.2 Å². The van der Waals surface area contributed by atoms with Gasteiger partial charge in [-0.3, -0.25) is 0 Å². The molecule has 0 radical (unpaired) electrons. The Bertz CT molecular complexity index is 423. The summed E-state index contributed by atoms with van der Waals surface area (Å²) < 4.78 is 50.9. The average molecular weight is 294 g/mol. The molecule has 0 fully saturated rings. The second-order valence-corrected chi connectivity index (χ2v) is 4.31. The summed E-state index contributed by atoms with van der Waals surface area (Å²) >= 11 is 0. The Kier molecular flexibility index (Phi) is 6.22. The summed E-state index contributed by atoms with van der Waals surface area (Å²) in [5, 5.41) is 11.9. The van der Waals surface area contributed by atoms with E-state index in [-0.39, 0.29) is 18.8 Å². The molecular formula is C13H18F4N2O. The van der Waals surface area contributed by atoms with Crippen LogP contribution in [-0.4, -0.2) is 37.5 Å². The summed E-state index contributed by atoms with van der Waals surface area (Å²) in [5.41, 5.74) is 0.711. The number of halogens is 4. The molecule has 0 aliphatic heterocycles. The van der Waals surface area contributed by atoms with E-state index in [9.17, 15) is 17.6 Å². The van der Waals surface area contributed by atoms with Crippen LogP contribution in [0.1, 0.15) is 12.5 Å². The van der Waals surface area contributed by atoms with Crippen molar-refractivity contribution in [3.63, 3.8) is 0 Å². The van der Waals surface area contributed by atoms with E-state index < -0.39 is 25.1 Å². The van der Waals surface area contributed by atoms with Crippen molar-refractivity contribution in [2.24, 2.45) is 0 Å². The van der Waals surface area contributed by atoms with Crippen molar-refractivity contribution in [3.8, 4) is 0 Å². The second-order valence-electron chi connectivity index (χ2n) is 4.31. The van der Waals surface area contributed by atoms with Gasteiger partial charge in [-0.05, 0) is 30.3 Å². The maximum absolute atomic E-state index is 13.2. The number of hydrogen-bond acceptors (Lipinski definition) is 3. The molecule has 0 saturated heterocycles. The molecule has 0 heterocycles. The molecule has 0 bridgehead atoms. The van der Waals surface area contributed by atoms with Gasteiger partial charge in [-0.1, -0.05) is 6.92 Å². The molecule has 0 saturated carbocycles. The molecule has 0 spiro atoms. The molecule has 0 amide bonds. The summed E-state index contributed by atoms with van der Waals surface area (Å²) in [6.07, 6.45) is -4.39. The van der Waals surface area contributed by atoms with Gasteiger partial charge < -0.3 is 15.3 Å². The van der Waals surface area contributed by atoms with Crippen LogP contribution >= 0.6 is 0 Å². The SMILES string of the molecule is CCNCc1cc(F)ccc1N(CCO)CC(F)(F)F. The minimum atomic E-state index is -4.39. The van der Waals surface area contributed by atoms with Crippen LogP contribution in [0, 0.1) is 5.82 Å². The Hall–Kier alpha value is -1.34. The number of anilines is 1. The van der Waals surface area contributed by atoms with Gasteiger partial charge in [0.2, 0.25) is 0 Å². The Morgan fingerprint density at radius 3 is 2.55 bits per heavy atom. The number of alkyl halides is 3. The summed E-state index contributed by atoms with van der Waals surface area (Å²) in [5.74, 6) is -0.502. The van der Waals surface area contributed by atoms with E-state index >= 15 is 0 Å². The first-order valence-corrected chi connectivity index (χ1v) is 6.29. The van der Waals surface area contributed by atoms with Crippen molar-refractivity contribution in [2.45, 2.75) is 19.6 Å². The van der Waals surface area contributed by atoms with Crippen LogP contribution < -0.4 is 10.2 Å². The van der Waals surface area contributed by atoms with Crippen molar-refractivity contribution >= 4 is 5.69 Å². The van der Waals surface area contributed by atoms with Gasteiger partial charge in [-0.15, -0.1) is 0 Å². The van der Waals surface area contributed by atoms with Gasteiger partial charge in [0.05, 0.1) is 6.61 Å². The number of rotatable bonds is 7. The van der Waals surface area contributed by atoms with Crippen LogP contribution in [0.5, 0.6) is 0 Å². The Balaban J connectivity index is 3.04. The molecule has 0 atom stereocenters. The lowest BCUT2D eigenvalue weighted by atomic mass is 10.1. The van der Waals surface area contributed by atoms with Crippen LogP contribution in [-0.2, 0) is 6.54 Å². The fourth-order valence-corrected chi connectivity index (χ4v) is 1.89. The zero-order valence-electron chi connectivity index (χ0n) is 11.2. The fourth-order valence-electron chi connectivity index (χ4n) is 1.89. The maximum atomic E-state index is 13.2. The molecular weight excluding hydrogens is 276 g/mol. The van der Waals surface area contributed by atoms with Gasteiger partial charge in [0, 0.05) is 18.8 Å². The minimum absolute atomic E-state index is 0.162. The minimum Gasteiger partial charge on any atom is -0.395 e. The van der Waals surface area contributed by atoms with E-state index in [4.69, 9.17) is 5.11 Å². The summed E-state index contributed by atoms with van der Waals surface area (Å²) in [7, 11) is 0. The third kappa shape index (κ3) is 5.34. The fraction of sp³-hybridized carbons (Fsp3) is 0.538. The molecule has 3 nitrogen and oxygen atoms in total. The number of benzene rings is 1. The lowest BCUT2D eigenvalue weighted by Gasteiger charge is -2.27. The number of hydrogen-bond donors (Lipinski definition) is 2. The van der Waals surface area contributed by atoms with E-state index in [2.05, 4.69) is 5.32 Å². The quantitative estimate of drug-likeness (QED) is 0.758. The largest absolute Gasteiger partial charge is 0.405 e. The van der Waals surface area contributed by atoms with Crippen LogP contribution in [0.2, 0.25) is 0 Å². The molecule has 114 valence electrons. The molecule has 0 aliphatic rings.